The van der Waals surface area contributed by atoms with E-state index < -0.39 is 0 Å². The molecular formula is C19H25NO. The Labute approximate surface area is 127 Å². The van der Waals surface area contributed by atoms with Gasteiger partial charge in [0.05, 0.1) is 0 Å². The van der Waals surface area contributed by atoms with Crippen LogP contribution < -0.4 is 0 Å². The average Bonchev–Trinajstić information content (AvgIpc) is 2.97. The van der Waals surface area contributed by atoms with Crippen molar-refractivity contribution >= 4 is 11.9 Å². The summed E-state index contributed by atoms with van der Waals surface area (Å²) >= 11 is 0. The predicted molar refractivity (Wildman–Crippen MR) is 87.0 cm³/mol. The highest BCUT2D eigenvalue weighted by Gasteiger charge is 2.35. The van der Waals surface area contributed by atoms with Crippen LogP contribution in [0.25, 0.3) is 6.08 Å². The van der Waals surface area contributed by atoms with Crippen molar-refractivity contribution in [2.45, 2.75) is 44.6 Å². The third-order valence-electron chi connectivity index (χ3n) is 4.93. The number of carbonyl (C=O) groups is 1. The SMILES string of the molecule is O=C1CCCCC1C1CCCN1CC=Cc1ccccc1. The van der Waals surface area contributed by atoms with Crippen LogP contribution in [0.1, 0.15) is 44.1 Å². The summed E-state index contributed by atoms with van der Waals surface area (Å²) in [6, 6.07) is 10.9. The second kappa shape index (κ2) is 7.04. The monoisotopic (exact) mass is 283 g/mol. The van der Waals surface area contributed by atoms with Crippen molar-refractivity contribution in [2.75, 3.05) is 13.1 Å². The maximum absolute atomic E-state index is 12.2. The molecule has 1 aliphatic carbocycles. The van der Waals surface area contributed by atoms with Crippen LogP contribution in [0.15, 0.2) is 36.4 Å². The molecule has 2 nitrogen and oxygen atoms in total. The predicted octanol–water partition coefficient (Wildman–Crippen LogP) is 3.92. The Bertz CT molecular complexity index is 494. The van der Waals surface area contributed by atoms with Crippen LogP contribution in [0.3, 0.4) is 0 Å². The minimum absolute atomic E-state index is 0.311. The molecule has 2 unspecified atom stereocenters. The molecule has 0 amide bonds. The van der Waals surface area contributed by atoms with Gasteiger partial charge in [0.25, 0.3) is 0 Å². The van der Waals surface area contributed by atoms with Crippen molar-refractivity contribution in [2.24, 2.45) is 5.92 Å². The highest BCUT2D eigenvalue weighted by molar-refractivity contribution is 5.82. The zero-order chi connectivity index (χ0) is 14.5. The van der Waals surface area contributed by atoms with E-state index in [1.165, 1.54) is 24.8 Å². The van der Waals surface area contributed by atoms with E-state index >= 15 is 0 Å². The summed E-state index contributed by atoms with van der Waals surface area (Å²) in [5.41, 5.74) is 1.25. The second-order valence-electron chi connectivity index (χ2n) is 6.34. The highest BCUT2D eigenvalue weighted by Crippen LogP contribution is 2.32. The van der Waals surface area contributed by atoms with Crippen LogP contribution in [-0.4, -0.2) is 29.8 Å². The van der Waals surface area contributed by atoms with Gasteiger partial charge in [0.2, 0.25) is 0 Å². The van der Waals surface area contributed by atoms with E-state index in [0.29, 0.717) is 17.7 Å². The number of hydrogen-bond donors (Lipinski definition) is 0. The Morgan fingerprint density at radius 2 is 1.95 bits per heavy atom. The van der Waals surface area contributed by atoms with Crippen molar-refractivity contribution in [3.8, 4) is 0 Å². The maximum atomic E-state index is 12.2. The van der Waals surface area contributed by atoms with Crippen molar-refractivity contribution in [3.05, 3.63) is 42.0 Å². The third kappa shape index (κ3) is 3.62. The van der Waals surface area contributed by atoms with Gasteiger partial charge in [-0.2, -0.15) is 0 Å². The minimum atomic E-state index is 0.311. The van der Waals surface area contributed by atoms with E-state index in [9.17, 15) is 4.79 Å². The zero-order valence-corrected chi connectivity index (χ0v) is 12.7. The van der Waals surface area contributed by atoms with E-state index in [-0.39, 0.29) is 0 Å². The maximum Gasteiger partial charge on any atom is 0.137 e. The van der Waals surface area contributed by atoms with Crippen LogP contribution in [0.4, 0.5) is 0 Å². The van der Waals surface area contributed by atoms with Gasteiger partial charge in [0.1, 0.15) is 5.78 Å². The Kier molecular flexibility index (Phi) is 4.87. The van der Waals surface area contributed by atoms with Crippen molar-refractivity contribution in [3.63, 3.8) is 0 Å². The average molecular weight is 283 g/mol. The smallest absolute Gasteiger partial charge is 0.137 e. The van der Waals surface area contributed by atoms with Gasteiger partial charge in [0, 0.05) is 24.9 Å². The van der Waals surface area contributed by atoms with E-state index in [4.69, 9.17) is 0 Å². The molecule has 21 heavy (non-hydrogen) atoms. The standard InChI is InChI=1S/C19H25NO/c21-19-13-5-4-11-17(19)18-12-7-15-20(18)14-6-10-16-8-2-1-3-9-16/h1-3,6,8-10,17-18H,4-5,7,11-15H2. The molecule has 1 aliphatic heterocycles. The molecule has 2 heteroatoms. The molecule has 1 saturated carbocycles. The number of rotatable bonds is 4. The summed E-state index contributed by atoms with van der Waals surface area (Å²) in [4.78, 5) is 14.7. The molecule has 0 aromatic heterocycles. The molecule has 0 bridgehead atoms. The molecule has 1 heterocycles. The van der Waals surface area contributed by atoms with Crippen molar-refractivity contribution in [1.82, 2.24) is 4.90 Å². The highest BCUT2D eigenvalue weighted by atomic mass is 16.1. The normalized spacial score (nSPS) is 27.5. The topological polar surface area (TPSA) is 20.3 Å². The first-order chi connectivity index (χ1) is 10.3. The molecule has 1 aromatic carbocycles. The van der Waals surface area contributed by atoms with Gasteiger partial charge in [-0.05, 0) is 37.8 Å². The first-order valence-electron chi connectivity index (χ1n) is 8.33. The lowest BCUT2D eigenvalue weighted by Crippen LogP contribution is -2.40. The molecule has 2 fully saturated rings. The Morgan fingerprint density at radius 1 is 1.10 bits per heavy atom. The summed E-state index contributed by atoms with van der Waals surface area (Å²) in [5, 5.41) is 0. The number of Topliss-reactive ketones (excluding diaryl/α,β-unsaturated/α-hetero) is 1. The lowest BCUT2D eigenvalue weighted by molar-refractivity contribution is -0.126. The summed E-state index contributed by atoms with van der Waals surface area (Å²) < 4.78 is 0. The fraction of sp³-hybridized carbons (Fsp3) is 0.526. The molecule has 0 N–H and O–H groups in total. The van der Waals surface area contributed by atoms with E-state index in [1.54, 1.807) is 0 Å². The quantitative estimate of drug-likeness (QED) is 0.834. The fourth-order valence-electron chi connectivity index (χ4n) is 3.84. The van der Waals surface area contributed by atoms with Gasteiger partial charge in [-0.25, -0.2) is 0 Å². The Morgan fingerprint density at radius 3 is 2.76 bits per heavy atom. The van der Waals surface area contributed by atoms with Gasteiger partial charge in [-0.1, -0.05) is 48.9 Å². The van der Waals surface area contributed by atoms with E-state index in [2.05, 4.69) is 41.3 Å². The number of ketones is 1. The second-order valence-corrected chi connectivity index (χ2v) is 6.34. The molecule has 1 saturated heterocycles. The first-order valence-corrected chi connectivity index (χ1v) is 8.33. The molecule has 2 aliphatic rings. The lowest BCUT2D eigenvalue weighted by atomic mass is 9.82. The third-order valence-corrected chi connectivity index (χ3v) is 4.93. The molecular weight excluding hydrogens is 258 g/mol. The van der Waals surface area contributed by atoms with Gasteiger partial charge in [0.15, 0.2) is 0 Å². The molecule has 3 rings (SSSR count). The number of carbonyl (C=O) groups excluding carboxylic acids is 1. The molecule has 1 aromatic rings. The summed E-state index contributed by atoms with van der Waals surface area (Å²) in [7, 11) is 0. The minimum Gasteiger partial charge on any atom is -0.299 e. The van der Waals surface area contributed by atoms with Crippen LogP contribution in [0.2, 0.25) is 0 Å². The fourth-order valence-corrected chi connectivity index (χ4v) is 3.84. The van der Waals surface area contributed by atoms with Gasteiger partial charge < -0.3 is 0 Å². The van der Waals surface area contributed by atoms with Crippen LogP contribution in [-0.2, 0) is 4.79 Å². The number of nitrogens with zero attached hydrogens (tertiary/aromatic N) is 1. The van der Waals surface area contributed by atoms with Crippen molar-refractivity contribution < 1.29 is 4.79 Å². The van der Waals surface area contributed by atoms with E-state index in [1.807, 2.05) is 6.07 Å². The first kappa shape index (κ1) is 14.5. The number of likely N-dealkylation sites (tertiary alicyclic amines) is 1. The number of benzene rings is 1. The molecule has 2 atom stereocenters. The van der Waals surface area contributed by atoms with Crippen LogP contribution >= 0.6 is 0 Å². The zero-order valence-electron chi connectivity index (χ0n) is 12.7. The lowest BCUT2D eigenvalue weighted by Gasteiger charge is -2.32. The molecule has 0 radical (unpaired) electrons. The summed E-state index contributed by atoms with van der Waals surface area (Å²) in [6.07, 6.45) is 11.2. The molecule has 0 spiro atoms. The van der Waals surface area contributed by atoms with Gasteiger partial charge >= 0.3 is 0 Å². The van der Waals surface area contributed by atoms with Gasteiger partial charge in [-0.3, -0.25) is 9.69 Å². The van der Waals surface area contributed by atoms with Crippen LogP contribution in [0.5, 0.6) is 0 Å². The van der Waals surface area contributed by atoms with Gasteiger partial charge in [-0.15, -0.1) is 0 Å². The largest absolute Gasteiger partial charge is 0.299 e. The summed E-state index contributed by atoms with van der Waals surface area (Å²) in [5.74, 6) is 0.830. The summed E-state index contributed by atoms with van der Waals surface area (Å²) in [6.45, 7) is 2.12. The Balaban J connectivity index is 1.59. The van der Waals surface area contributed by atoms with Crippen molar-refractivity contribution in [1.29, 1.82) is 0 Å². The van der Waals surface area contributed by atoms with E-state index in [0.717, 1.165) is 32.4 Å². The molecule has 112 valence electrons. The van der Waals surface area contributed by atoms with Crippen LogP contribution in [0, 0.1) is 5.92 Å². The number of hydrogen-bond acceptors (Lipinski definition) is 2. The Hall–Kier alpha value is -1.41.